The van der Waals surface area contributed by atoms with Crippen molar-refractivity contribution in [2.24, 2.45) is 5.73 Å². The van der Waals surface area contributed by atoms with E-state index in [0.29, 0.717) is 6.42 Å². The van der Waals surface area contributed by atoms with E-state index >= 15 is 0 Å². The van der Waals surface area contributed by atoms with Crippen molar-refractivity contribution in [2.45, 2.75) is 57.7 Å². The number of H-pyrrole nitrogens is 1. The van der Waals surface area contributed by atoms with Gasteiger partial charge in [0, 0.05) is 31.0 Å². The molecule has 12 heteroatoms. The van der Waals surface area contributed by atoms with Crippen LogP contribution in [0.2, 0.25) is 0 Å². The molecule has 1 atom stereocenters. The Morgan fingerprint density at radius 3 is 2.42 bits per heavy atom. The van der Waals surface area contributed by atoms with Gasteiger partial charge < -0.3 is 15.5 Å². The third-order valence-corrected chi connectivity index (χ3v) is 5.39. The number of ether oxygens (including phenoxy) is 1. The average Bonchev–Trinajstić information content (AvgIpc) is 3.34. The molecule has 9 nitrogen and oxygen atoms in total. The van der Waals surface area contributed by atoms with Crippen LogP contribution in [0.4, 0.5) is 13.2 Å². The van der Waals surface area contributed by atoms with Gasteiger partial charge in [0.05, 0.1) is 12.6 Å². The Kier molecular flexibility index (Phi) is 11.6. The summed E-state index contributed by atoms with van der Waals surface area (Å²) in [5.74, 6) is -2.64. The molecule has 2 rings (SSSR count). The maximum Gasteiger partial charge on any atom is 0.389 e. The molecule has 0 aliphatic carbocycles. The highest BCUT2D eigenvalue weighted by atomic mass is 19.4. The maximum atomic E-state index is 13.3. The maximum absolute atomic E-state index is 13.3. The van der Waals surface area contributed by atoms with Gasteiger partial charge in [-0.25, -0.2) is 9.80 Å². The third kappa shape index (κ3) is 10.9. The van der Waals surface area contributed by atoms with Gasteiger partial charge in [0.1, 0.15) is 5.69 Å². The predicted molar refractivity (Wildman–Crippen MR) is 132 cm³/mol. The summed E-state index contributed by atoms with van der Waals surface area (Å²) in [5.41, 5.74) is 8.76. The van der Waals surface area contributed by atoms with Gasteiger partial charge in [0.15, 0.2) is 0 Å². The van der Waals surface area contributed by atoms with Gasteiger partial charge >= 0.3 is 12.1 Å². The van der Waals surface area contributed by atoms with Crippen LogP contribution >= 0.6 is 0 Å². The van der Waals surface area contributed by atoms with Gasteiger partial charge in [-0.2, -0.15) is 13.2 Å². The van der Waals surface area contributed by atoms with Crippen LogP contribution in [0.3, 0.4) is 0 Å². The number of rotatable bonds is 13. The van der Waals surface area contributed by atoms with Crippen LogP contribution in [0.15, 0.2) is 54.6 Å². The summed E-state index contributed by atoms with van der Waals surface area (Å²) in [6.07, 6.45) is -3.19. The van der Waals surface area contributed by atoms with E-state index < -0.39 is 42.3 Å². The molecule has 0 unspecified atom stereocenters. The van der Waals surface area contributed by atoms with Crippen molar-refractivity contribution in [3.63, 3.8) is 0 Å². The lowest BCUT2D eigenvalue weighted by atomic mass is 10.1. The van der Waals surface area contributed by atoms with Gasteiger partial charge in [-0.1, -0.05) is 36.4 Å². The van der Waals surface area contributed by atoms with E-state index in [2.05, 4.69) is 10.4 Å². The number of hydrazine groups is 1. The zero-order chi connectivity index (χ0) is 28.1. The quantitative estimate of drug-likeness (QED) is 0.205. The number of hydrogen-bond donors (Lipinski definition) is 3. The number of alkyl halides is 3. The number of nitrogens with one attached hydrogen (secondary N) is 2. The fourth-order valence-corrected chi connectivity index (χ4v) is 3.49. The zero-order valence-corrected chi connectivity index (χ0v) is 20.9. The molecular formula is C26H31F3N4O5. The number of aromatic amines is 1. The topological polar surface area (TPSA) is 135 Å². The van der Waals surface area contributed by atoms with Crippen LogP contribution in [0, 0.1) is 0 Å². The van der Waals surface area contributed by atoms with Crippen molar-refractivity contribution in [3.05, 3.63) is 71.6 Å². The van der Waals surface area contributed by atoms with Crippen molar-refractivity contribution in [2.75, 3.05) is 6.61 Å². The first kappa shape index (κ1) is 30.1. The Hall–Kier alpha value is -4.09. The molecule has 38 heavy (non-hydrogen) atoms. The first-order valence-electron chi connectivity index (χ1n) is 12.0. The highest BCUT2D eigenvalue weighted by Crippen LogP contribution is 2.22. The lowest BCUT2D eigenvalue weighted by molar-refractivity contribution is -0.138. The molecular weight excluding hydrogens is 505 g/mol. The van der Waals surface area contributed by atoms with Crippen LogP contribution in [0.25, 0.3) is 0 Å². The van der Waals surface area contributed by atoms with Crippen molar-refractivity contribution in [1.82, 2.24) is 15.4 Å². The van der Waals surface area contributed by atoms with Crippen LogP contribution in [-0.4, -0.2) is 52.5 Å². The van der Waals surface area contributed by atoms with Crippen molar-refractivity contribution < 1.29 is 37.1 Å². The Morgan fingerprint density at radius 1 is 1.08 bits per heavy atom. The van der Waals surface area contributed by atoms with Crippen LogP contribution < -0.4 is 11.2 Å². The summed E-state index contributed by atoms with van der Waals surface area (Å²) >= 11 is 0. The summed E-state index contributed by atoms with van der Waals surface area (Å²) in [6, 6.07) is 10.9. The Labute approximate surface area is 218 Å². The van der Waals surface area contributed by atoms with Crippen molar-refractivity contribution in [3.8, 4) is 0 Å². The standard InChI is InChI=1S/C26H31F3N4O5/c1-2-38-24(36)15-11-20(10-13-22(30)34)33(23(35)14-8-18-6-4-3-5-7-18)32-25(37)21-12-9-19(31-21)16-17-26(27,28)29/h3-7,9,11-12,15,20,31H,2,8,10,13-14,16-17H2,1H3,(H2,30,34)(H,32,37)/t20-/m0/s1. The van der Waals surface area contributed by atoms with Gasteiger partial charge in [-0.3, -0.25) is 19.8 Å². The molecule has 0 aliphatic heterocycles. The number of amides is 3. The minimum atomic E-state index is -4.35. The molecule has 0 saturated heterocycles. The van der Waals surface area contributed by atoms with Gasteiger partial charge in [0.25, 0.3) is 5.91 Å². The van der Waals surface area contributed by atoms with E-state index in [0.717, 1.165) is 16.6 Å². The predicted octanol–water partition coefficient (Wildman–Crippen LogP) is 3.37. The molecule has 0 radical (unpaired) electrons. The second-order valence-corrected chi connectivity index (χ2v) is 8.39. The molecule has 0 spiro atoms. The normalized spacial score (nSPS) is 12.2. The molecule has 0 bridgehead atoms. The number of aromatic nitrogens is 1. The molecule has 0 aliphatic rings. The lowest BCUT2D eigenvalue weighted by Crippen LogP contribution is -2.51. The van der Waals surface area contributed by atoms with E-state index in [1.165, 1.54) is 18.2 Å². The molecule has 0 saturated carbocycles. The number of carbonyl (C=O) groups excluding carboxylic acids is 4. The van der Waals surface area contributed by atoms with Crippen molar-refractivity contribution >= 4 is 23.7 Å². The molecule has 3 amide bonds. The largest absolute Gasteiger partial charge is 0.463 e. The number of halogens is 3. The van der Waals surface area contributed by atoms with E-state index in [4.69, 9.17) is 10.5 Å². The Bertz CT molecular complexity index is 1120. The number of nitrogens with two attached hydrogens (primary N) is 1. The second-order valence-electron chi connectivity index (χ2n) is 8.39. The summed E-state index contributed by atoms with van der Waals surface area (Å²) in [6.45, 7) is 1.74. The fraction of sp³-hybridized carbons (Fsp3) is 0.385. The summed E-state index contributed by atoms with van der Waals surface area (Å²) < 4.78 is 42.5. The fourth-order valence-electron chi connectivity index (χ4n) is 3.49. The zero-order valence-electron chi connectivity index (χ0n) is 20.9. The number of hydrogen-bond acceptors (Lipinski definition) is 5. The number of aryl methyl sites for hydroxylation is 2. The minimum Gasteiger partial charge on any atom is -0.463 e. The number of carbonyl (C=O) groups is 4. The summed E-state index contributed by atoms with van der Waals surface area (Å²) in [5, 5.41) is 1.00. The first-order valence-corrected chi connectivity index (χ1v) is 12.0. The first-order chi connectivity index (χ1) is 18.0. The van der Waals surface area contributed by atoms with Crippen molar-refractivity contribution in [1.29, 1.82) is 0 Å². The Balaban J connectivity index is 2.27. The number of nitrogens with zero attached hydrogens (tertiary/aromatic N) is 1. The molecule has 0 fully saturated rings. The van der Waals surface area contributed by atoms with E-state index in [1.54, 1.807) is 6.92 Å². The van der Waals surface area contributed by atoms with Crippen LogP contribution in [0.1, 0.15) is 54.4 Å². The van der Waals surface area contributed by atoms with E-state index in [1.807, 2.05) is 30.3 Å². The monoisotopic (exact) mass is 536 g/mol. The van der Waals surface area contributed by atoms with E-state index in [-0.39, 0.29) is 43.7 Å². The SMILES string of the molecule is CCOC(=O)C=C[C@H](CCC(N)=O)N(NC(=O)c1ccc(CCC(F)(F)F)[nH]1)C(=O)CCc1ccccc1. The smallest absolute Gasteiger partial charge is 0.389 e. The molecule has 2 aromatic rings. The van der Waals surface area contributed by atoms with Crippen LogP contribution in [0.5, 0.6) is 0 Å². The number of esters is 1. The second kappa shape index (κ2) is 14.6. The Morgan fingerprint density at radius 2 is 1.79 bits per heavy atom. The molecule has 206 valence electrons. The minimum absolute atomic E-state index is 0.00977. The van der Waals surface area contributed by atoms with Gasteiger partial charge in [-0.15, -0.1) is 0 Å². The highest BCUT2D eigenvalue weighted by Gasteiger charge is 2.28. The number of benzene rings is 1. The third-order valence-electron chi connectivity index (χ3n) is 5.39. The van der Waals surface area contributed by atoms with E-state index in [9.17, 15) is 32.3 Å². The molecule has 1 aromatic carbocycles. The number of primary amides is 1. The molecule has 1 heterocycles. The van der Waals surface area contributed by atoms with Gasteiger partial charge in [-0.05, 0) is 43.9 Å². The molecule has 1 aromatic heterocycles. The summed E-state index contributed by atoms with van der Waals surface area (Å²) in [7, 11) is 0. The average molecular weight is 537 g/mol. The van der Waals surface area contributed by atoms with Crippen LogP contribution in [-0.2, 0) is 32.0 Å². The van der Waals surface area contributed by atoms with Gasteiger partial charge in [0.2, 0.25) is 11.8 Å². The summed E-state index contributed by atoms with van der Waals surface area (Å²) in [4.78, 5) is 52.2. The molecule has 4 N–H and O–H groups in total. The lowest BCUT2D eigenvalue weighted by Gasteiger charge is -2.30. The highest BCUT2D eigenvalue weighted by molar-refractivity contribution is 5.94.